The van der Waals surface area contributed by atoms with Crippen LogP contribution >= 0.6 is 0 Å². The van der Waals surface area contributed by atoms with Gasteiger partial charge in [-0.05, 0) is 25.7 Å². The topological polar surface area (TPSA) is 104 Å². The normalized spacial score (nSPS) is 16.2. The average Bonchev–Trinajstić information content (AvgIpc) is 2.44. The molecule has 118 valence electrons. The lowest BCUT2D eigenvalue weighted by Crippen LogP contribution is -2.60. The first-order chi connectivity index (χ1) is 9.49. The highest BCUT2D eigenvalue weighted by molar-refractivity contribution is 5.79. The Balaban J connectivity index is 3.80. The highest BCUT2D eigenvalue weighted by atomic mass is 16.4. The van der Waals surface area contributed by atoms with Crippen LogP contribution in [0.15, 0.2) is 12.2 Å². The summed E-state index contributed by atoms with van der Waals surface area (Å²) in [6, 6.07) is 0. The van der Waals surface area contributed by atoms with E-state index in [0.717, 1.165) is 12.8 Å². The molecule has 0 aliphatic rings. The lowest BCUT2D eigenvalue weighted by atomic mass is 9.91. The molecule has 20 heavy (non-hydrogen) atoms. The molecule has 0 aliphatic carbocycles. The molecule has 0 saturated carbocycles. The summed E-state index contributed by atoms with van der Waals surface area (Å²) in [7, 11) is 0. The summed E-state index contributed by atoms with van der Waals surface area (Å²) in [6.45, 7) is 1.41. The summed E-state index contributed by atoms with van der Waals surface area (Å²) >= 11 is 0. The van der Waals surface area contributed by atoms with Crippen LogP contribution in [0.25, 0.3) is 0 Å². The van der Waals surface area contributed by atoms with Crippen LogP contribution in [0.3, 0.4) is 0 Å². The number of hydrogen-bond acceptors (Lipinski definition) is 4. The SMILES string of the molecule is CCCCCCC/C=C/CC[C@H](O)C(N)(CO)C(=O)O. The largest absolute Gasteiger partial charge is 0.480 e. The lowest BCUT2D eigenvalue weighted by Gasteiger charge is -2.27. The van der Waals surface area contributed by atoms with E-state index in [2.05, 4.69) is 13.0 Å². The van der Waals surface area contributed by atoms with Gasteiger partial charge in [0.2, 0.25) is 0 Å². The zero-order valence-corrected chi connectivity index (χ0v) is 12.4. The van der Waals surface area contributed by atoms with E-state index in [9.17, 15) is 9.90 Å². The van der Waals surface area contributed by atoms with Crippen molar-refractivity contribution < 1.29 is 20.1 Å². The molecule has 0 aromatic carbocycles. The number of carboxylic acid groups (broad SMARTS) is 1. The van der Waals surface area contributed by atoms with Gasteiger partial charge in [0, 0.05) is 0 Å². The second-order valence-corrected chi connectivity index (χ2v) is 5.27. The maximum absolute atomic E-state index is 10.9. The van der Waals surface area contributed by atoms with Crippen LogP contribution in [0.5, 0.6) is 0 Å². The molecule has 0 saturated heterocycles. The Kier molecular flexibility index (Phi) is 10.3. The van der Waals surface area contributed by atoms with E-state index in [4.69, 9.17) is 15.9 Å². The van der Waals surface area contributed by atoms with Gasteiger partial charge in [-0.25, -0.2) is 0 Å². The molecule has 0 aliphatic heterocycles. The monoisotopic (exact) mass is 287 g/mol. The maximum atomic E-state index is 10.9. The number of carbonyl (C=O) groups is 1. The summed E-state index contributed by atoms with van der Waals surface area (Å²) < 4.78 is 0. The Bertz CT molecular complexity index is 294. The average molecular weight is 287 g/mol. The van der Waals surface area contributed by atoms with Crippen LogP contribution in [-0.2, 0) is 4.79 Å². The third-order valence-electron chi connectivity index (χ3n) is 3.50. The molecular formula is C15H29NO4. The molecule has 5 N–H and O–H groups in total. The number of aliphatic carboxylic acids is 1. The zero-order chi connectivity index (χ0) is 15.4. The number of aliphatic hydroxyl groups excluding tert-OH is 2. The van der Waals surface area contributed by atoms with Gasteiger partial charge < -0.3 is 21.1 Å². The van der Waals surface area contributed by atoms with Crippen LogP contribution in [0.4, 0.5) is 0 Å². The number of rotatable bonds is 12. The highest BCUT2D eigenvalue weighted by Gasteiger charge is 2.40. The van der Waals surface area contributed by atoms with Crippen molar-refractivity contribution in [1.29, 1.82) is 0 Å². The van der Waals surface area contributed by atoms with Gasteiger partial charge in [0.05, 0.1) is 12.7 Å². The fourth-order valence-corrected chi connectivity index (χ4v) is 1.93. The number of carboxylic acids is 1. The minimum atomic E-state index is -1.96. The van der Waals surface area contributed by atoms with Crippen molar-refractivity contribution in [2.24, 2.45) is 5.73 Å². The lowest BCUT2D eigenvalue weighted by molar-refractivity contribution is -0.150. The number of hydrogen-bond donors (Lipinski definition) is 4. The van der Waals surface area contributed by atoms with E-state index >= 15 is 0 Å². The molecule has 5 heteroatoms. The van der Waals surface area contributed by atoms with Gasteiger partial charge in [-0.2, -0.15) is 0 Å². The Morgan fingerprint density at radius 2 is 1.80 bits per heavy atom. The third kappa shape index (κ3) is 7.03. The molecule has 2 atom stereocenters. The van der Waals surface area contributed by atoms with Crippen LogP contribution in [-0.4, -0.2) is 39.5 Å². The first kappa shape index (κ1) is 19.1. The standard InChI is InChI=1S/C15H29NO4/c1-2-3-4-5-6-7-8-9-10-11-13(18)15(16,12-17)14(19)20/h8-9,13,17-18H,2-7,10-12,16H2,1H3,(H,19,20)/b9-8+/t13-,15?/m0/s1. The maximum Gasteiger partial charge on any atom is 0.328 e. The fraction of sp³-hybridized carbons (Fsp3) is 0.800. The number of aliphatic hydroxyl groups is 2. The summed E-state index contributed by atoms with van der Waals surface area (Å²) in [6.07, 6.45) is 10.7. The Hall–Kier alpha value is -0.910. The van der Waals surface area contributed by atoms with Crippen molar-refractivity contribution in [2.75, 3.05) is 6.61 Å². The van der Waals surface area contributed by atoms with Crippen LogP contribution in [0, 0.1) is 0 Å². The quantitative estimate of drug-likeness (QED) is 0.324. The van der Waals surface area contributed by atoms with Crippen molar-refractivity contribution in [3.63, 3.8) is 0 Å². The molecule has 0 spiro atoms. The minimum Gasteiger partial charge on any atom is -0.480 e. The molecule has 5 nitrogen and oxygen atoms in total. The van der Waals surface area contributed by atoms with Crippen LogP contribution in [0.1, 0.15) is 58.3 Å². The van der Waals surface area contributed by atoms with Gasteiger partial charge in [-0.3, -0.25) is 4.79 Å². The van der Waals surface area contributed by atoms with Crippen molar-refractivity contribution in [2.45, 2.75) is 69.9 Å². The Labute approximate surface area is 121 Å². The summed E-state index contributed by atoms with van der Waals surface area (Å²) in [5.74, 6) is -1.38. The summed E-state index contributed by atoms with van der Waals surface area (Å²) in [4.78, 5) is 10.9. The van der Waals surface area contributed by atoms with Gasteiger partial charge in [-0.1, -0.05) is 44.8 Å². The van der Waals surface area contributed by atoms with Crippen molar-refractivity contribution in [3.05, 3.63) is 12.2 Å². The van der Waals surface area contributed by atoms with E-state index in [1.54, 1.807) is 0 Å². The van der Waals surface area contributed by atoms with Crippen molar-refractivity contribution in [3.8, 4) is 0 Å². The number of allylic oxidation sites excluding steroid dienone is 2. The molecule has 0 radical (unpaired) electrons. The molecule has 0 aromatic heterocycles. The van der Waals surface area contributed by atoms with Gasteiger partial charge in [-0.15, -0.1) is 0 Å². The van der Waals surface area contributed by atoms with Crippen molar-refractivity contribution >= 4 is 5.97 Å². The van der Waals surface area contributed by atoms with E-state index < -0.39 is 24.2 Å². The molecule has 0 amide bonds. The van der Waals surface area contributed by atoms with Crippen LogP contribution < -0.4 is 5.73 Å². The molecule has 1 unspecified atom stereocenters. The van der Waals surface area contributed by atoms with E-state index in [-0.39, 0.29) is 6.42 Å². The molecule has 0 rings (SSSR count). The van der Waals surface area contributed by atoms with Crippen molar-refractivity contribution in [1.82, 2.24) is 0 Å². The molecule has 0 bridgehead atoms. The van der Waals surface area contributed by atoms with Gasteiger partial charge in [0.1, 0.15) is 0 Å². The molecule has 0 heterocycles. The second kappa shape index (κ2) is 10.8. The van der Waals surface area contributed by atoms with E-state index in [0.29, 0.717) is 6.42 Å². The predicted octanol–water partition coefficient (Wildman–Crippen LogP) is 1.82. The predicted molar refractivity (Wildman–Crippen MR) is 79.4 cm³/mol. The first-order valence-corrected chi connectivity index (χ1v) is 7.45. The van der Waals surface area contributed by atoms with E-state index in [1.165, 1.54) is 25.7 Å². The van der Waals surface area contributed by atoms with Gasteiger partial charge in [0.25, 0.3) is 0 Å². The number of nitrogens with two attached hydrogens (primary N) is 1. The zero-order valence-electron chi connectivity index (χ0n) is 12.4. The van der Waals surface area contributed by atoms with Gasteiger partial charge in [0.15, 0.2) is 5.54 Å². The highest BCUT2D eigenvalue weighted by Crippen LogP contribution is 2.13. The smallest absolute Gasteiger partial charge is 0.328 e. The first-order valence-electron chi connectivity index (χ1n) is 7.45. The van der Waals surface area contributed by atoms with Gasteiger partial charge >= 0.3 is 5.97 Å². The second-order valence-electron chi connectivity index (χ2n) is 5.27. The minimum absolute atomic E-state index is 0.232. The van der Waals surface area contributed by atoms with E-state index in [1.807, 2.05) is 6.08 Å². The summed E-state index contributed by atoms with van der Waals surface area (Å²) in [5, 5.41) is 27.6. The third-order valence-corrected chi connectivity index (χ3v) is 3.50. The molecular weight excluding hydrogens is 258 g/mol. The molecule has 0 aromatic rings. The number of unbranched alkanes of at least 4 members (excludes halogenated alkanes) is 5. The Morgan fingerprint density at radius 3 is 2.35 bits per heavy atom. The fourth-order valence-electron chi connectivity index (χ4n) is 1.93. The van der Waals surface area contributed by atoms with Crippen LogP contribution in [0.2, 0.25) is 0 Å². The summed E-state index contributed by atoms with van der Waals surface area (Å²) in [5.41, 5.74) is 3.50. The Morgan fingerprint density at radius 1 is 1.20 bits per heavy atom. The molecule has 0 fully saturated rings.